The van der Waals surface area contributed by atoms with E-state index in [4.69, 9.17) is 4.74 Å². The Morgan fingerprint density at radius 2 is 2.00 bits per heavy atom. The Morgan fingerprint density at radius 3 is 2.71 bits per heavy atom. The molecule has 4 heteroatoms. The lowest BCUT2D eigenvalue weighted by Gasteiger charge is -2.33. The molecule has 1 aliphatic heterocycles. The molecule has 3 rings (SSSR count). The summed E-state index contributed by atoms with van der Waals surface area (Å²) in [6, 6.07) is 8.52. The third kappa shape index (κ3) is 4.05. The van der Waals surface area contributed by atoms with E-state index < -0.39 is 5.60 Å². The van der Waals surface area contributed by atoms with E-state index in [1.54, 1.807) is 0 Å². The number of amides is 1. The van der Waals surface area contributed by atoms with Gasteiger partial charge in [-0.15, -0.1) is 0 Å². The number of rotatable bonds is 2. The van der Waals surface area contributed by atoms with Crippen LogP contribution in [0.3, 0.4) is 0 Å². The number of aromatic nitrogens is 1. The van der Waals surface area contributed by atoms with E-state index in [1.165, 1.54) is 16.3 Å². The molecular weight excluding hydrogens is 300 g/mol. The molecule has 0 unspecified atom stereocenters. The van der Waals surface area contributed by atoms with Crippen LogP contribution in [0.2, 0.25) is 0 Å². The maximum absolute atomic E-state index is 12.2. The molecule has 1 saturated heterocycles. The van der Waals surface area contributed by atoms with Crippen LogP contribution in [0, 0.1) is 5.92 Å². The summed E-state index contributed by atoms with van der Waals surface area (Å²) in [6.45, 7) is 7.30. The van der Waals surface area contributed by atoms with Crippen LogP contribution in [-0.2, 0) is 11.2 Å². The van der Waals surface area contributed by atoms with Gasteiger partial charge in [0.05, 0.1) is 0 Å². The Morgan fingerprint density at radius 1 is 1.25 bits per heavy atom. The minimum atomic E-state index is -0.426. The van der Waals surface area contributed by atoms with Crippen LogP contribution in [-0.4, -0.2) is 34.7 Å². The molecule has 1 fully saturated rings. The summed E-state index contributed by atoms with van der Waals surface area (Å²) < 4.78 is 5.47. The zero-order valence-electron chi connectivity index (χ0n) is 14.8. The number of pyridine rings is 1. The number of hydrogen-bond donors (Lipinski definition) is 0. The summed E-state index contributed by atoms with van der Waals surface area (Å²) in [4.78, 5) is 18.2. The normalized spacial score (nSPS) is 16.4. The lowest BCUT2D eigenvalue weighted by molar-refractivity contribution is 0.0184. The summed E-state index contributed by atoms with van der Waals surface area (Å²) in [5.74, 6) is 0.613. The number of likely N-dealkylation sites (tertiary alicyclic amines) is 1. The van der Waals surface area contributed by atoms with Crippen molar-refractivity contribution in [2.45, 2.75) is 45.6 Å². The molecule has 1 aliphatic rings. The Kier molecular flexibility index (Phi) is 4.74. The first-order valence-electron chi connectivity index (χ1n) is 8.72. The zero-order valence-corrected chi connectivity index (χ0v) is 14.8. The van der Waals surface area contributed by atoms with E-state index in [9.17, 15) is 4.79 Å². The van der Waals surface area contributed by atoms with Crippen molar-refractivity contribution in [3.05, 3.63) is 42.2 Å². The largest absolute Gasteiger partial charge is 0.444 e. The van der Waals surface area contributed by atoms with Crippen LogP contribution in [0.25, 0.3) is 10.8 Å². The average molecular weight is 326 g/mol. The molecule has 1 amide bonds. The van der Waals surface area contributed by atoms with Gasteiger partial charge in [-0.25, -0.2) is 4.79 Å². The Balaban J connectivity index is 1.60. The van der Waals surface area contributed by atoms with Gasteiger partial charge in [0, 0.05) is 30.9 Å². The van der Waals surface area contributed by atoms with Crippen molar-refractivity contribution in [2.75, 3.05) is 13.1 Å². The smallest absolute Gasteiger partial charge is 0.410 e. The van der Waals surface area contributed by atoms with Crippen molar-refractivity contribution in [3.63, 3.8) is 0 Å². The molecular formula is C20H26N2O2. The first-order chi connectivity index (χ1) is 11.4. The molecule has 24 heavy (non-hydrogen) atoms. The van der Waals surface area contributed by atoms with Gasteiger partial charge in [-0.2, -0.15) is 0 Å². The molecule has 0 aliphatic carbocycles. The SMILES string of the molecule is CC(C)(C)OC(=O)N1CCC(Cc2cccc3cnccc23)CC1. The summed E-state index contributed by atoms with van der Waals surface area (Å²) in [6.07, 6.45) is 6.71. The van der Waals surface area contributed by atoms with E-state index in [1.807, 2.05) is 38.1 Å². The van der Waals surface area contributed by atoms with Gasteiger partial charge in [0.1, 0.15) is 5.60 Å². The zero-order chi connectivity index (χ0) is 17.2. The van der Waals surface area contributed by atoms with Gasteiger partial charge in [-0.05, 0) is 63.0 Å². The average Bonchev–Trinajstić information content (AvgIpc) is 2.54. The van der Waals surface area contributed by atoms with Crippen LogP contribution < -0.4 is 0 Å². The third-order valence-electron chi connectivity index (χ3n) is 4.55. The van der Waals surface area contributed by atoms with E-state index in [0.717, 1.165) is 32.4 Å². The topological polar surface area (TPSA) is 42.4 Å². The number of carbonyl (C=O) groups is 1. The fourth-order valence-corrected chi connectivity index (χ4v) is 3.32. The van der Waals surface area contributed by atoms with Crippen molar-refractivity contribution in [2.24, 2.45) is 5.92 Å². The number of carbonyl (C=O) groups excluding carboxylic acids is 1. The van der Waals surface area contributed by atoms with Gasteiger partial charge in [0.15, 0.2) is 0 Å². The third-order valence-corrected chi connectivity index (χ3v) is 4.55. The molecule has 2 aromatic rings. The van der Waals surface area contributed by atoms with Gasteiger partial charge in [0.2, 0.25) is 0 Å². The predicted octanol–water partition coefficient (Wildman–Crippen LogP) is 4.42. The number of fused-ring (bicyclic) bond motifs is 1. The number of piperidine rings is 1. The molecule has 0 saturated carbocycles. The van der Waals surface area contributed by atoms with Gasteiger partial charge in [0.25, 0.3) is 0 Å². The maximum Gasteiger partial charge on any atom is 0.410 e. The second kappa shape index (κ2) is 6.80. The van der Waals surface area contributed by atoms with Crippen molar-refractivity contribution in [1.29, 1.82) is 0 Å². The van der Waals surface area contributed by atoms with E-state index in [2.05, 4.69) is 29.2 Å². The van der Waals surface area contributed by atoms with Crippen LogP contribution in [0.1, 0.15) is 39.2 Å². The van der Waals surface area contributed by atoms with Crippen molar-refractivity contribution >= 4 is 16.9 Å². The summed E-state index contributed by atoms with van der Waals surface area (Å²) in [5.41, 5.74) is 0.955. The fraction of sp³-hybridized carbons (Fsp3) is 0.500. The number of benzene rings is 1. The van der Waals surface area contributed by atoms with Crippen LogP contribution in [0.4, 0.5) is 4.79 Å². The van der Waals surface area contributed by atoms with E-state index in [0.29, 0.717) is 5.92 Å². The molecule has 0 N–H and O–H groups in total. The second-order valence-electron chi connectivity index (χ2n) is 7.63. The molecule has 0 atom stereocenters. The minimum Gasteiger partial charge on any atom is -0.444 e. The first-order valence-corrected chi connectivity index (χ1v) is 8.72. The molecule has 4 nitrogen and oxygen atoms in total. The number of nitrogens with zero attached hydrogens (tertiary/aromatic N) is 2. The van der Waals surface area contributed by atoms with Crippen molar-refractivity contribution in [3.8, 4) is 0 Å². The Labute approximate surface area is 143 Å². The van der Waals surface area contributed by atoms with Crippen molar-refractivity contribution < 1.29 is 9.53 Å². The highest BCUT2D eigenvalue weighted by atomic mass is 16.6. The van der Waals surface area contributed by atoms with Crippen molar-refractivity contribution in [1.82, 2.24) is 9.88 Å². The second-order valence-corrected chi connectivity index (χ2v) is 7.63. The minimum absolute atomic E-state index is 0.183. The standard InChI is InChI=1S/C20H26N2O2/c1-20(2,3)24-19(23)22-11-8-15(9-12-22)13-16-5-4-6-17-14-21-10-7-18(16)17/h4-7,10,14-15H,8-9,11-13H2,1-3H3. The number of ether oxygens (including phenoxy) is 1. The van der Waals surface area contributed by atoms with E-state index in [-0.39, 0.29) is 6.09 Å². The molecule has 1 aromatic carbocycles. The van der Waals surface area contributed by atoms with Crippen LogP contribution in [0.15, 0.2) is 36.7 Å². The monoisotopic (exact) mass is 326 g/mol. The van der Waals surface area contributed by atoms with Gasteiger partial charge >= 0.3 is 6.09 Å². The molecule has 0 radical (unpaired) electrons. The lowest BCUT2D eigenvalue weighted by Crippen LogP contribution is -2.42. The summed E-state index contributed by atoms with van der Waals surface area (Å²) in [7, 11) is 0. The molecule has 0 bridgehead atoms. The van der Waals surface area contributed by atoms with Gasteiger partial charge in [-0.1, -0.05) is 18.2 Å². The Bertz CT molecular complexity index is 708. The predicted molar refractivity (Wildman–Crippen MR) is 96.0 cm³/mol. The summed E-state index contributed by atoms with van der Waals surface area (Å²) >= 11 is 0. The molecule has 2 heterocycles. The molecule has 1 aromatic heterocycles. The van der Waals surface area contributed by atoms with Gasteiger partial charge in [-0.3, -0.25) is 4.98 Å². The van der Waals surface area contributed by atoms with Gasteiger partial charge < -0.3 is 9.64 Å². The lowest BCUT2D eigenvalue weighted by atomic mass is 9.88. The van der Waals surface area contributed by atoms with E-state index >= 15 is 0 Å². The van der Waals surface area contributed by atoms with Crippen LogP contribution >= 0.6 is 0 Å². The first kappa shape index (κ1) is 16.7. The van der Waals surface area contributed by atoms with Crippen LogP contribution in [0.5, 0.6) is 0 Å². The quantitative estimate of drug-likeness (QED) is 0.820. The highest BCUT2D eigenvalue weighted by molar-refractivity contribution is 5.84. The maximum atomic E-state index is 12.2. The molecule has 0 spiro atoms. The fourth-order valence-electron chi connectivity index (χ4n) is 3.32. The summed E-state index contributed by atoms with van der Waals surface area (Å²) in [5, 5.41) is 2.49. The molecule has 128 valence electrons. The highest BCUT2D eigenvalue weighted by Gasteiger charge is 2.27. The Hall–Kier alpha value is -2.10. The highest BCUT2D eigenvalue weighted by Crippen LogP contribution is 2.26. The number of hydrogen-bond acceptors (Lipinski definition) is 3.